The molecule has 0 spiro atoms. The first-order chi connectivity index (χ1) is 13.7. The first kappa shape index (κ1) is 23.7. The van der Waals surface area contributed by atoms with E-state index < -0.39 is 29.9 Å². The molecule has 0 aliphatic carbocycles. The van der Waals surface area contributed by atoms with E-state index in [1.54, 1.807) is 0 Å². The van der Waals surface area contributed by atoms with Gasteiger partial charge in [-0.05, 0) is 24.0 Å². The van der Waals surface area contributed by atoms with E-state index in [1.807, 2.05) is 44.2 Å². The molecule has 9 heteroatoms. The van der Waals surface area contributed by atoms with E-state index in [0.717, 1.165) is 16.6 Å². The van der Waals surface area contributed by atoms with Crippen molar-refractivity contribution in [3.8, 4) is 0 Å². The smallest absolute Gasteiger partial charge is 0.408 e. The first-order valence-corrected chi connectivity index (χ1v) is 9.22. The molecule has 0 unspecified atom stereocenters. The van der Waals surface area contributed by atoms with E-state index in [1.165, 1.54) is 0 Å². The van der Waals surface area contributed by atoms with Crippen molar-refractivity contribution in [1.29, 1.82) is 0 Å². The lowest BCUT2D eigenvalue weighted by Crippen LogP contribution is -2.54. The molecular formula is C20H28N4O5. The van der Waals surface area contributed by atoms with Crippen LogP contribution in [0.4, 0.5) is 4.79 Å². The Hall–Kier alpha value is -3.36. The summed E-state index contributed by atoms with van der Waals surface area (Å²) in [4.78, 5) is 47.7. The SMILES string of the molecule is C=CC(=O)N(CCC(N)=O)NC(=O)[C@H](CC(C)C)NC(=O)OCc1ccccc1. The zero-order valence-corrected chi connectivity index (χ0v) is 16.7. The second kappa shape index (κ2) is 12.2. The zero-order chi connectivity index (χ0) is 21.8. The molecule has 0 heterocycles. The maximum atomic E-state index is 12.6. The van der Waals surface area contributed by atoms with Gasteiger partial charge in [-0.2, -0.15) is 0 Å². The van der Waals surface area contributed by atoms with E-state index in [9.17, 15) is 19.2 Å². The van der Waals surface area contributed by atoms with Crippen LogP contribution in [0.1, 0.15) is 32.3 Å². The molecule has 1 aromatic rings. The highest BCUT2D eigenvalue weighted by atomic mass is 16.5. The highest BCUT2D eigenvalue weighted by Crippen LogP contribution is 2.07. The van der Waals surface area contributed by atoms with Crippen molar-refractivity contribution in [3.05, 3.63) is 48.6 Å². The third kappa shape index (κ3) is 9.41. The van der Waals surface area contributed by atoms with Crippen LogP contribution in [0.3, 0.4) is 0 Å². The Morgan fingerprint density at radius 1 is 1.21 bits per heavy atom. The van der Waals surface area contributed by atoms with Gasteiger partial charge in [0, 0.05) is 6.42 Å². The number of carbonyl (C=O) groups excluding carboxylic acids is 4. The van der Waals surface area contributed by atoms with E-state index in [2.05, 4.69) is 17.3 Å². The number of alkyl carbamates (subject to hydrolysis) is 1. The van der Waals surface area contributed by atoms with Gasteiger partial charge in [0.2, 0.25) is 5.91 Å². The van der Waals surface area contributed by atoms with Gasteiger partial charge in [0.05, 0.1) is 6.54 Å². The number of ether oxygens (including phenoxy) is 1. The topological polar surface area (TPSA) is 131 Å². The predicted octanol–water partition coefficient (Wildman–Crippen LogP) is 1.25. The summed E-state index contributed by atoms with van der Waals surface area (Å²) in [5, 5.41) is 3.45. The highest BCUT2D eigenvalue weighted by molar-refractivity contribution is 5.91. The average Bonchev–Trinajstić information content (AvgIpc) is 2.68. The zero-order valence-electron chi connectivity index (χ0n) is 16.7. The number of nitrogens with one attached hydrogen (secondary N) is 2. The molecular weight excluding hydrogens is 376 g/mol. The fraction of sp³-hybridized carbons (Fsp3) is 0.400. The normalized spacial score (nSPS) is 11.3. The standard InChI is InChI=1S/C20H28N4O5/c1-4-18(26)24(11-10-17(21)25)23-19(27)16(12-14(2)3)22-20(28)29-13-15-8-6-5-7-9-15/h4-9,14,16H,1,10-13H2,2-3H3,(H2,21,25)(H,22,28)(H,23,27)/t16-/m0/s1. The number of hydrogen-bond donors (Lipinski definition) is 3. The van der Waals surface area contributed by atoms with Crippen LogP contribution in [0.2, 0.25) is 0 Å². The molecule has 0 saturated heterocycles. The van der Waals surface area contributed by atoms with E-state index in [-0.39, 0.29) is 25.5 Å². The summed E-state index contributed by atoms with van der Waals surface area (Å²) < 4.78 is 5.15. The van der Waals surface area contributed by atoms with Crippen molar-refractivity contribution < 1.29 is 23.9 Å². The van der Waals surface area contributed by atoms with Crippen LogP contribution >= 0.6 is 0 Å². The minimum absolute atomic E-state index is 0.0579. The predicted molar refractivity (Wildman–Crippen MR) is 107 cm³/mol. The van der Waals surface area contributed by atoms with Crippen LogP contribution in [0.15, 0.2) is 43.0 Å². The highest BCUT2D eigenvalue weighted by Gasteiger charge is 2.25. The lowest BCUT2D eigenvalue weighted by molar-refractivity contribution is -0.139. The molecule has 158 valence electrons. The Morgan fingerprint density at radius 3 is 2.41 bits per heavy atom. The van der Waals surface area contributed by atoms with Crippen LogP contribution in [-0.2, 0) is 25.7 Å². The first-order valence-electron chi connectivity index (χ1n) is 9.22. The van der Waals surface area contributed by atoms with Gasteiger partial charge in [0.1, 0.15) is 12.6 Å². The van der Waals surface area contributed by atoms with Crippen LogP contribution in [0.5, 0.6) is 0 Å². The fourth-order valence-electron chi connectivity index (χ4n) is 2.37. The number of carbonyl (C=O) groups is 4. The molecule has 9 nitrogen and oxygen atoms in total. The number of benzene rings is 1. The number of primary amides is 1. The Morgan fingerprint density at radius 2 is 1.86 bits per heavy atom. The molecule has 1 rings (SSSR count). The lowest BCUT2D eigenvalue weighted by Gasteiger charge is -2.26. The number of hydrazine groups is 1. The van der Waals surface area contributed by atoms with Crippen molar-refractivity contribution >= 4 is 23.8 Å². The van der Waals surface area contributed by atoms with E-state index in [4.69, 9.17) is 10.5 Å². The van der Waals surface area contributed by atoms with Crippen LogP contribution in [-0.4, -0.2) is 41.4 Å². The average molecular weight is 404 g/mol. The third-order valence-electron chi connectivity index (χ3n) is 3.80. The van der Waals surface area contributed by atoms with E-state index in [0.29, 0.717) is 6.42 Å². The monoisotopic (exact) mass is 404 g/mol. The van der Waals surface area contributed by atoms with Crippen LogP contribution < -0.4 is 16.5 Å². The second-order valence-corrected chi connectivity index (χ2v) is 6.77. The third-order valence-corrected chi connectivity index (χ3v) is 3.80. The summed E-state index contributed by atoms with van der Waals surface area (Å²) in [5.41, 5.74) is 8.31. The molecule has 0 radical (unpaired) electrons. The number of nitrogens with zero attached hydrogens (tertiary/aromatic N) is 1. The summed E-state index contributed by atoms with van der Waals surface area (Å²) in [5.74, 6) is -1.76. The molecule has 0 bridgehead atoms. The Balaban J connectivity index is 2.73. The maximum Gasteiger partial charge on any atom is 0.408 e. The molecule has 0 aliphatic rings. The molecule has 0 fully saturated rings. The van der Waals surface area contributed by atoms with Gasteiger partial charge in [0.25, 0.3) is 11.8 Å². The fourth-order valence-corrected chi connectivity index (χ4v) is 2.37. The molecule has 0 saturated carbocycles. The number of rotatable bonds is 10. The van der Waals surface area contributed by atoms with Gasteiger partial charge in [-0.3, -0.25) is 19.8 Å². The van der Waals surface area contributed by atoms with Crippen LogP contribution in [0.25, 0.3) is 0 Å². The molecule has 0 aliphatic heterocycles. The van der Waals surface area contributed by atoms with Gasteiger partial charge >= 0.3 is 6.09 Å². The summed E-state index contributed by atoms with van der Waals surface area (Å²) in [6.07, 6.45) is 0.424. The molecule has 4 amide bonds. The quantitative estimate of drug-likeness (QED) is 0.399. The Bertz CT molecular complexity index is 721. The molecule has 4 N–H and O–H groups in total. The van der Waals surface area contributed by atoms with Crippen molar-refractivity contribution in [3.63, 3.8) is 0 Å². The second-order valence-electron chi connectivity index (χ2n) is 6.77. The van der Waals surface area contributed by atoms with Crippen molar-refractivity contribution in [2.75, 3.05) is 6.54 Å². The Labute approximate surface area is 170 Å². The summed E-state index contributed by atoms with van der Waals surface area (Å²) >= 11 is 0. The van der Waals surface area contributed by atoms with Gasteiger partial charge in [-0.25, -0.2) is 9.80 Å². The minimum Gasteiger partial charge on any atom is -0.445 e. The maximum absolute atomic E-state index is 12.6. The van der Waals surface area contributed by atoms with E-state index >= 15 is 0 Å². The summed E-state index contributed by atoms with van der Waals surface area (Å²) in [6.45, 7) is 7.08. The summed E-state index contributed by atoms with van der Waals surface area (Å²) in [7, 11) is 0. The summed E-state index contributed by atoms with van der Waals surface area (Å²) in [6, 6.07) is 8.17. The van der Waals surface area contributed by atoms with Gasteiger partial charge in [-0.15, -0.1) is 0 Å². The van der Waals surface area contributed by atoms with Crippen molar-refractivity contribution in [2.24, 2.45) is 11.7 Å². The largest absolute Gasteiger partial charge is 0.445 e. The van der Waals surface area contributed by atoms with Crippen molar-refractivity contribution in [1.82, 2.24) is 15.8 Å². The number of amides is 4. The van der Waals surface area contributed by atoms with Gasteiger partial charge < -0.3 is 15.8 Å². The Kier molecular flexibility index (Phi) is 9.94. The van der Waals surface area contributed by atoms with Gasteiger partial charge in [0.15, 0.2) is 0 Å². The lowest BCUT2D eigenvalue weighted by atomic mass is 10.0. The van der Waals surface area contributed by atoms with Crippen molar-refractivity contribution in [2.45, 2.75) is 39.3 Å². The molecule has 1 aromatic carbocycles. The number of nitrogens with two attached hydrogens (primary N) is 1. The molecule has 29 heavy (non-hydrogen) atoms. The van der Waals surface area contributed by atoms with Crippen LogP contribution in [0, 0.1) is 5.92 Å². The molecule has 1 atom stereocenters. The molecule has 0 aromatic heterocycles. The number of hydrogen-bond acceptors (Lipinski definition) is 5. The van der Waals surface area contributed by atoms with Gasteiger partial charge in [-0.1, -0.05) is 50.8 Å². The minimum atomic E-state index is -0.938.